The number of aryl methyl sites for hydroxylation is 2. The highest BCUT2D eigenvalue weighted by molar-refractivity contribution is 5.91. The van der Waals surface area contributed by atoms with Gasteiger partial charge in [-0.2, -0.15) is 0 Å². The van der Waals surface area contributed by atoms with Crippen LogP contribution in [0.15, 0.2) is 60.7 Å². The van der Waals surface area contributed by atoms with Gasteiger partial charge in [-0.3, -0.25) is 0 Å². The summed E-state index contributed by atoms with van der Waals surface area (Å²) in [5, 5.41) is 0. The summed E-state index contributed by atoms with van der Waals surface area (Å²) in [6.07, 6.45) is 0. The van der Waals surface area contributed by atoms with Gasteiger partial charge in [0.05, 0.1) is 5.56 Å². The molecule has 126 valence electrons. The molecule has 0 N–H and O–H groups in total. The minimum atomic E-state index is -0.649. The Kier molecular flexibility index (Phi) is 4.61. The fraction of sp³-hybridized carbons (Fsp3) is 0.0952. The van der Waals surface area contributed by atoms with Gasteiger partial charge in [-0.05, 0) is 66.4 Å². The summed E-state index contributed by atoms with van der Waals surface area (Å²) < 4.78 is 32.5. The zero-order chi connectivity index (χ0) is 18.0. The molecule has 3 aromatic carbocycles. The molecule has 0 aliphatic carbocycles. The van der Waals surface area contributed by atoms with Crippen molar-refractivity contribution in [3.63, 3.8) is 0 Å². The van der Waals surface area contributed by atoms with Crippen molar-refractivity contribution in [3.05, 3.63) is 89.0 Å². The van der Waals surface area contributed by atoms with E-state index in [1.54, 1.807) is 50.2 Å². The van der Waals surface area contributed by atoms with E-state index >= 15 is 0 Å². The van der Waals surface area contributed by atoms with E-state index in [1.165, 1.54) is 18.2 Å². The Morgan fingerprint density at radius 2 is 1.48 bits per heavy atom. The monoisotopic (exact) mass is 338 g/mol. The predicted molar refractivity (Wildman–Crippen MR) is 92.7 cm³/mol. The van der Waals surface area contributed by atoms with E-state index in [2.05, 4.69) is 0 Å². The zero-order valence-corrected chi connectivity index (χ0v) is 13.8. The van der Waals surface area contributed by atoms with Crippen LogP contribution in [0.4, 0.5) is 8.78 Å². The van der Waals surface area contributed by atoms with Crippen LogP contribution >= 0.6 is 0 Å². The molecule has 4 heteroatoms. The van der Waals surface area contributed by atoms with Crippen LogP contribution < -0.4 is 4.74 Å². The second-order valence-corrected chi connectivity index (χ2v) is 5.86. The van der Waals surface area contributed by atoms with Gasteiger partial charge in [-0.1, -0.05) is 30.3 Å². The maximum atomic E-state index is 13.8. The van der Waals surface area contributed by atoms with Crippen LogP contribution in [0, 0.1) is 25.5 Å². The van der Waals surface area contributed by atoms with Crippen LogP contribution in [0.25, 0.3) is 11.1 Å². The SMILES string of the molecule is Cc1ccc(OC(=O)c2ccc(-c3ccc(C)c(F)c3)cc2)c(F)c1. The van der Waals surface area contributed by atoms with Gasteiger partial charge in [-0.25, -0.2) is 13.6 Å². The number of ether oxygens (including phenoxy) is 1. The van der Waals surface area contributed by atoms with Crippen molar-refractivity contribution < 1.29 is 18.3 Å². The molecule has 0 amide bonds. The summed E-state index contributed by atoms with van der Waals surface area (Å²) in [5.41, 5.74) is 3.09. The van der Waals surface area contributed by atoms with Crippen LogP contribution in [0.5, 0.6) is 5.75 Å². The van der Waals surface area contributed by atoms with E-state index < -0.39 is 11.8 Å². The molecule has 0 fully saturated rings. The van der Waals surface area contributed by atoms with Crippen molar-refractivity contribution in [2.45, 2.75) is 13.8 Å². The molecule has 3 aromatic rings. The molecule has 0 aromatic heterocycles. The Labute approximate surface area is 144 Å². The second kappa shape index (κ2) is 6.85. The predicted octanol–water partition coefficient (Wildman–Crippen LogP) is 5.47. The van der Waals surface area contributed by atoms with Crippen LogP contribution in [-0.4, -0.2) is 5.97 Å². The fourth-order valence-electron chi connectivity index (χ4n) is 2.42. The Balaban J connectivity index is 1.79. The Hall–Kier alpha value is -3.01. The van der Waals surface area contributed by atoms with Gasteiger partial charge in [0.2, 0.25) is 0 Å². The van der Waals surface area contributed by atoms with E-state index in [0.29, 0.717) is 11.1 Å². The van der Waals surface area contributed by atoms with Crippen LogP contribution in [-0.2, 0) is 0 Å². The summed E-state index contributed by atoms with van der Waals surface area (Å²) in [6.45, 7) is 3.45. The van der Waals surface area contributed by atoms with E-state index in [0.717, 1.165) is 11.1 Å². The molecule has 0 unspecified atom stereocenters. The molecule has 0 bridgehead atoms. The number of benzene rings is 3. The van der Waals surface area contributed by atoms with Gasteiger partial charge in [-0.15, -0.1) is 0 Å². The minimum absolute atomic E-state index is 0.111. The van der Waals surface area contributed by atoms with Crippen molar-refractivity contribution in [2.75, 3.05) is 0 Å². The number of carbonyl (C=O) groups is 1. The smallest absolute Gasteiger partial charge is 0.343 e. The van der Waals surface area contributed by atoms with E-state index in [1.807, 2.05) is 6.07 Å². The van der Waals surface area contributed by atoms with Crippen molar-refractivity contribution in [3.8, 4) is 16.9 Å². The average molecular weight is 338 g/mol. The van der Waals surface area contributed by atoms with Crippen LogP contribution in [0.2, 0.25) is 0 Å². The summed E-state index contributed by atoms with van der Waals surface area (Å²) in [7, 11) is 0. The van der Waals surface area contributed by atoms with Crippen molar-refractivity contribution in [1.82, 2.24) is 0 Å². The molecule has 0 radical (unpaired) electrons. The molecule has 0 saturated heterocycles. The van der Waals surface area contributed by atoms with Gasteiger partial charge < -0.3 is 4.74 Å². The van der Waals surface area contributed by atoms with Crippen LogP contribution in [0.3, 0.4) is 0 Å². The lowest BCUT2D eigenvalue weighted by molar-refractivity contribution is 0.0728. The number of rotatable bonds is 3. The Bertz CT molecular complexity index is 931. The summed E-state index contributed by atoms with van der Waals surface area (Å²) in [5.74, 6) is -1.62. The highest BCUT2D eigenvalue weighted by Crippen LogP contribution is 2.23. The third kappa shape index (κ3) is 3.74. The van der Waals surface area contributed by atoms with Gasteiger partial charge in [0.25, 0.3) is 0 Å². The average Bonchev–Trinajstić information content (AvgIpc) is 2.60. The fourth-order valence-corrected chi connectivity index (χ4v) is 2.42. The number of hydrogen-bond acceptors (Lipinski definition) is 2. The van der Waals surface area contributed by atoms with E-state index in [4.69, 9.17) is 4.74 Å². The number of halogens is 2. The van der Waals surface area contributed by atoms with Gasteiger partial charge in [0.15, 0.2) is 11.6 Å². The Morgan fingerprint density at radius 3 is 2.12 bits per heavy atom. The van der Waals surface area contributed by atoms with Gasteiger partial charge in [0.1, 0.15) is 5.82 Å². The van der Waals surface area contributed by atoms with Gasteiger partial charge in [0, 0.05) is 0 Å². The molecule has 0 saturated carbocycles. The molecule has 3 rings (SSSR count). The molecule has 0 atom stereocenters. The molecule has 2 nitrogen and oxygen atoms in total. The molecular weight excluding hydrogens is 322 g/mol. The van der Waals surface area contributed by atoms with E-state index in [9.17, 15) is 13.6 Å². The van der Waals surface area contributed by atoms with E-state index in [-0.39, 0.29) is 17.1 Å². The number of hydrogen-bond donors (Lipinski definition) is 0. The molecule has 0 aliphatic heterocycles. The first-order chi connectivity index (χ1) is 11.9. The highest BCUT2D eigenvalue weighted by Gasteiger charge is 2.12. The second-order valence-electron chi connectivity index (χ2n) is 5.86. The zero-order valence-electron chi connectivity index (χ0n) is 13.8. The first kappa shape index (κ1) is 16.8. The first-order valence-corrected chi connectivity index (χ1v) is 7.79. The molecule has 0 heterocycles. The first-order valence-electron chi connectivity index (χ1n) is 7.79. The number of carbonyl (C=O) groups excluding carboxylic acids is 1. The third-order valence-electron chi connectivity index (χ3n) is 3.92. The van der Waals surface area contributed by atoms with Crippen molar-refractivity contribution >= 4 is 5.97 Å². The highest BCUT2D eigenvalue weighted by atomic mass is 19.1. The lowest BCUT2D eigenvalue weighted by Gasteiger charge is -2.07. The van der Waals surface area contributed by atoms with Gasteiger partial charge >= 0.3 is 5.97 Å². The lowest BCUT2D eigenvalue weighted by atomic mass is 10.0. The molecule has 0 aliphatic rings. The minimum Gasteiger partial charge on any atom is -0.420 e. The van der Waals surface area contributed by atoms with Crippen molar-refractivity contribution in [2.24, 2.45) is 0 Å². The molecule has 0 spiro atoms. The van der Waals surface area contributed by atoms with Crippen LogP contribution in [0.1, 0.15) is 21.5 Å². The summed E-state index contributed by atoms with van der Waals surface area (Å²) in [4.78, 5) is 12.1. The van der Waals surface area contributed by atoms with Crippen molar-refractivity contribution in [1.29, 1.82) is 0 Å². The quantitative estimate of drug-likeness (QED) is 0.468. The Morgan fingerprint density at radius 1 is 0.800 bits per heavy atom. The topological polar surface area (TPSA) is 26.3 Å². The molecule has 25 heavy (non-hydrogen) atoms. The standard InChI is InChI=1S/C21H16F2O2/c1-13-3-10-20(19(23)11-13)25-21(24)16-8-6-15(7-9-16)17-5-4-14(2)18(22)12-17/h3-12H,1-2H3. The maximum absolute atomic E-state index is 13.8. The summed E-state index contributed by atoms with van der Waals surface area (Å²) >= 11 is 0. The summed E-state index contributed by atoms with van der Waals surface area (Å²) in [6, 6.07) is 15.9. The normalized spacial score (nSPS) is 10.6. The maximum Gasteiger partial charge on any atom is 0.343 e. The molecular formula is C21H16F2O2. The lowest BCUT2D eigenvalue weighted by Crippen LogP contribution is -2.09. The largest absolute Gasteiger partial charge is 0.420 e. The number of esters is 1. The third-order valence-corrected chi connectivity index (χ3v) is 3.92.